The number of nitrogens with one attached hydrogen (secondary N) is 2. The highest BCUT2D eigenvalue weighted by atomic mass is 32.1. The molecule has 0 radical (unpaired) electrons. The molecule has 0 fully saturated rings. The molecule has 0 atom stereocenters. The number of halogens is 2. The van der Waals surface area contributed by atoms with Crippen molar-refractivity contribution in [2.45, 2.75) is 6.42 Å². The van der Waals surface area contributed by atoms with Crippen LogP contribution in [-0.4, -0.2) is 5.91 Å². The van der Waals surface area contributed by atoms with Crippen molar-refractivity contribution in [3.05, 3.63) is 76.5 Å². The normalized spacial score (nSPS) is 10.4. The van der Waals surface area contributed by atoms with Gasteiger partial charge in [-0.1, -0.05) is 6.07 Å². The van der Waals surface area contributed by atoms with Crippen LogP contribution < -0.4 is 10.6 Å². The predicted octanol–water partition coefficient (Wildman–Crippen LogP) is 4.95. The molecule has 1 aromatic heterocycles. The Bertz CT molecular complexity index is 833. The molecule has 1 heterocycles. The largest absolute Gasteiger partial charge is 0.353 e. The molecule has 6 heteroatoms. The number of hydrogen-bond acceptors (Lipinski definition) is 3. The minimum atomic E-state index is -0.664. The van der Waals surface area contributed by atoms with Crippen LogP contribution >= 0.6 is 11.3 Å². The highest BCUT2D eigenvalue weighted by Crippen LogP contribution is 2.22. The van der Waals surface area contributed by atoms with Gasteiger partial charge in [-0.25, -0.2) is 8.78 Å². The van der Waals surface area contributed by atoms with E-state index in [-0.39, 0.29) is 11.6 Å². The summed E-state index contributed by atoms with van der Waals surface area (Å²) >= 11 is 1.53. The summed E-state index contributed by atoms with van der Waals surface area (Å²) in [5, 5.41) is 7.60. The van der Waals surface area contributed by atoms with E-state index in [9.17, 15) is 13.6 Å². The summed E-state index contributed by atoms with van der Waals surface area (Å²) in [4.78, 5) is 12.9. The van der Waals surface area contributed by atoms with E-state index in [0.29, 0.717) is 17.8 Å². The number of thiophene rings is 1. The molecule has 122 valence electrons. The average Bonchev–Trinajstić information content (AvgIpc) is 3.04. The van der Waals surface area contributed by atoms with Crippen molar-refractivity contribution in [1.82, 2.24) is 0 Å². The zero-order valence-corrected chi connectivity index (χ0v) is 13.4. The van der Waals surface area contributed by atoms with Crippen LogP contribution in [0.15, 0.2) is 60.0 Å². The van der Waals surface area contributed by atoms with Gasteiger partial charge in [-0.05, 0) is 47.8 Å². The fraction of sp³-hybridized carbons (Fsp3) is 0.0556. The van der Waals surface area contributed by atoms with Crippen LogP contribution in [0, 0.1) is 11.6 Å². The van der Waals surface area contributed by atoms with Crippen molar-refractivity contribution in [2.75, 3.05) is 10.6 Å². The lowest BCUT2D eigenvalue weighted by Crippen LogP contribution is -2.13. The Balaban J connectivity index is 1.61. The van der Waals surface area contributed by atoms with E-state index in [0.717, 1.165) is 10.9 Å². The van der Waals surface area contributed by atoms with Crippen LogP contribution in [0.25, 0.3) is 0 Å². The summed E-state index contributed by atoms with van der Waals surface area (Å²) in [7, 11) is 0. The van der Waals surface area contributed by atoms with Gasteiger partial charge in [-0.2, -0.15) is 0 Å². The number of hydrogen-bond donors (Lipinski definition) is 2. The first-order valence-corrected chi connectivity index (χ1v) is 8.12. The first-order chi connectivity index (χ1) is 11.6. The van der Waals surface area contributed by atoms with E-state index in [4.69, 9.17) is 0 Å². The van der Waals surface area contributed by atoms with Crippen molar-refractivity contribution in [1.29, 1.82) is 0 Å². The lowest BCUT2D eigenvalue weighted by molar-refractivity contribution is -0.115. The summed E-state index contributed by atoms with van der Waals surface area (Å²) in [5.41, 5.74) is 1.48. The van der Waals surface area contributed by atoms with Gasteiger partial charge in [0.1, 0.15) is 11.6 Å². The first-order valence-electron chi connectivity index (χ1n) is 7.24. The Morgan fingerprint density at radius 3 is 2.42 bits per heavy atom. The number of rotatable bonds is 5. The van der Waals surface area contributed by atoms with Crippen LogP contribution in [0.3, 0.4) is 0 Å². The Morgan fingerprint density at radius 2 is 1.75 bits per heavy atom. The second-order valence-electron chi connectivity index (χ2n) is 5.13. The van der Waals surface area contributed by atoms with Gasteiger partial charge >= 0.3 is 0 Å². The van der Waals surface area contributed by atoms with E-state index in [2.05, 4.69) is 10.6 Å². The maximum absolute atomic E-state index is 13.6. The third-order valence-corrected chi connectivity index (χ3v) is 4.17. The molecule has 24 heavy (non-hydrogen) atoms. The second-order valence-corrected chi connectivity index (χ2v) is 6.16. The Labute approximate surface area is 142 Å². The minimum Gasteiger partial charge on any atom is -0.353 e. The number of carbonyl (C=O) groups is 1. The minimum absolute atomic E-state index is 0.0947. The molecule has 3 nitrogen and oxygen atoms in total. The third-order valence-electron chi connectivity index (χ3n) is 3.29. The predicted molar refractivity (Wildman–Crippen MR) is 92.7 cm³/mol. The molecule has 0 spiro atoms. The van der Waals surface area contributed by atoms with Crippen molar-refractivity contribution in [3.63, 3.8) is 0 Å². The van der Waals surface area contributed by atoms with Crippen molar-refractivity contribution < 1.29 is 13.6 Å². The monoisotopic (exact) mass is 344 g/mol. The quantitative estimate of drug-likeness (QED) is 0.687. The molecule has 0 unspecified atom stereocenters. The summed E-state index contributed by atoms with van der Waals surface area (Å²) in [6, 6.07) is 14.0. The van der Waals surface area contributed by atoms with Gasteiger partial charge in [0.05, 0.1) is 12.1 Å². The number of anilines is 3. The van der Waals surface area contributed by atoms with E-state index < -0.39 is 11.6 Å². The highest BCUT2D eigenvalue weighted by Gasteiger charge is 2.06. The molecule has 3 rings (SSSR count). The van der Waals surface area contributed by atoms with Crippen LogP contribution in [0.2, 0.25) is 0 Å². The summed E-state index contributed by atoms with van der Waals surface area (Å²) in [6.07, 6.45) is 0.332. The summed E-state index contributed by atoms with van der Waals surface area (Å²) in [6.45, 7) is 0. The Hall–Kier alpha value is -2.73. The van der Waals surface area contributed by atoms with E-state index in [1.54, 1.807) is 24.3 Å². The molecule has 2 aromatic carbocycles. The molecule has 0 aliphatic heterocycles. The van der Waals surface area contributed by atoms with Gasteiger partial charge in [-0.3, -0.25) is 4.79 Å². The summed E-state index contributed by atoms with van der Waals surface area (Å²) < 4.78 is 26.5. The van der Waals surface area contributed by atoms with Gasteiger partial charge in [0, 0.05) is 22.3 Å². The number of carbonyl (C=O) groups excluding carboxylic acids is 1. The van der Waals surface area contributed by atoms with Gasteiger partial charge in [-0.15, -0.1) is 11.3 Å². The van der Waals surface area contributed by atoms with E-state index in [1.807, 2.05) is 17.5 Å². The van der Waals surface area contributed by atoms with Crippen molar-refractivity contribution in [3.8, 4) is 0 Å². The second kappa shape index (κ2) is 7.23. The maximum Gasteiger partial charge on any atom is 0.229 e. The molecule has 0 aliphatic rings. The average molecular weight is 344 g/mol. The van der Waals surface area contributed by atoms with E-state index >= 15 is 0 Å². The molecular weight excluding hydrogens is 330 g/mol. The Kier molecular flexibility index (Phi) is 4.86. The zero-order valence-electron chi connectivity index (χ0n) is 12.6. The molecule has 0 saturated heterocycles. The summed E-state index contributed by atoms with van der Waals surface area (Å²) in [5.74, 6) is -1.38. The van der Waals surface area contributed by atoms with Crippen LogP contribution in [0.4, 0.5) is 25.8 Å². The fourth-order valence-electron chi connectivity index (χ4n) is 2.16. The van der Waals surface area contributed by atoms with Crippen LogP contribution in [0.5, 0.6) is 0 Å². The zero-order chi connectivity index (χ0) is 16.9. The Morgan fingerprint density at radius 1 is 1.00 bits per heavy atom. The van der Waals surface area contributed by atoms with Gasteiger partial charge in [0.25, 0.3) is 0 Å². The standard InChI is InChI=1S/C18H14F2N2OS/c19-12-3-8-17(16(20)10-12)21-13-4-6-14(7-5-13)22-18(23)11-15-2-1-9-24-15/h1-10,21H,11H2,(H,22,23). The molecule has 3 aromatic rings. The van der Waals surface area contributed by atoms with Gasteiger partial charge < -0.3 is 10.6 Å². The molecule has 1 amide bonds. The van der Waals surface area contributed by atoms with Crippen molar-refractivity contribution >= 4 is 34.3 Å². The molecular formula is C18H14F2N2OS. The van der Waals surface area contributed by atoms with Crippen molar-refractivity contribution in [2.24, 2.45) is 0 Å². The molecule has 0 saturated carbocycles. The first kappa shape index (κ1) is 16.1. The van der Waals surface area contributed by atoms with Crippen LogP contribution in [0.1, 0.15) is 4.88 Å². The smallest absolute Gasteiger partial charge is 0.229 e. The topological polar surface area (TPSA) is 41.1 Å². The number of amides is 1. The molecule has 0 aliphatic carbocycles. The van der Waals surface area contributed by atoms with E-state index in [1.165, 1.54) is 23.5 Å². The number of benzene rings is 2. The fourth-order valence-corrected chi connectivity index (χ4v) is 2.86. The highest BCUT2D eigenvalue weighted by molar-refractivity contribution is 7.10. The molecule has 2 N–H and O–H groups in total. The van der Waals surface area contributed by atoms with Gasteiger partial charge in [0.15, 0.2) is 0 Å². The third kappa shape index (κ3) is 4.17. The lowest BCUT2D eigenvalue weighted by atomic mass is 10.2. The molecule has 0 bridgehead atoms. The lowest BCUT2D eigenvalue weighted by Gasteiger charge is -2.09. The maximum atomic E-state index is 13.6. The SMILES string of the molecule is O=C(Cc1cccs1)Nc1ccc(Nc2ccc(F)cc2F)cc1. The van der Waals surface area contributed by atoms with Gasteiger partial charge in [0.2, 0.25) is 5.91 Å². The van der Waals surface area contributed by atoms with Crippen LogP contribution in [-0.2, 0) is 11.2 Å².